The highest BCUT2D eigenvalue weighted by Gasteiger charge is 2.42. The molecule has 39 heavy (non-hydrogen) atoms. The number of aryl methyl sites for hydroxylation is 2. The summed E-state index contributed by atoms with van der Waals surface area (Å²) in [6, 6.07) is 6.81. The van der Waals surface area contributed by atoms with Crippen LogP contribution in [0.4, 0.5) is 26.3 Å². The maximum Gasteiger partial charge on any atom is 0.573 e. The second kappa shape index (κ2) is 9.85. The van der Waals surface area contributed by atoms with Gasteiger partial charge in [-0.3, -0.25) is 9.20 Å². The lowest BCUT2D eigenvalue weighted by Gasteiger charge is -2.24. The summed E-state index contributed by atoms with van der Waals surface area (Å²) >= 11 is 0. The molecule has 206 valence electrons. The standard InChI is InChI=1S/C24H21F6N7O2/c1-2-17-19(36-12-16(39-24(28,29)30)11-32-22(36)33-17)21(38)31-10-13-3-5-14(6-4-13)20-34-18-9-15(23(25,26)27)7-8-37(18)35-20/h3-6,11-12,15H,2,7-10H2,1H3,(H,31,38)/t15-/m0/s1. The Balaban J connectivity index is 1.29. The van der Waals surface area contributed by atoms with Gasteiger partial charge in [-0.2, -0.15) is 18.3 Å². The van der Waals surface area contributed by atoms with Crippen LogP contribution in [-0.2, 0) is 25.9 Å². The number of carbonyl (C=O) groups excluding carboxylic acids is 1. The molecule has 0 spiro atoms. The molecule has 1 aliphatic heterocycles. The summed E-state index contributed by atoms with van der Waals surface area (Å²) in [6.45, 7) is 1.97. The molecule has 0 unspecified atom stereocenters. The van der Waals surface area contributed by atoms with Crippen LogP contribution in [0.5, 0.6) is 5.75 Å². The first kappa shape index (κ1) is 26.4. The molecule has 9 nitrogen and oxygen atoms in total. The molecule has 1 atom stereocenters. The molecule has 3 aromatic heterocycles. The van der Waals surface area contributed by atoms with Crippen molar-refractivity contribution >= 4 is 11.7 Å². The molecule has 5 rings (SSSR count). The molecule has 0 saturated carbocycles. The molecule has 1 amide bonds. The van der Waals surface area contributed by atoms with Crippen LogP contribution in [0.3, 0.4) is 0 Å². The molecule has 0 fully saturated rings. The topological polar surface area (TPSA) is 99.2 Å². The van der Waals surface area contributed by atoms with Gasteiger partial charge in [0.1, 0.15) is 11.5 Å². The number of hydrogen-bond acceptors (Lipinski definition) is 6. The van der Waals surface area contributed by atoms with Gasteiger partial charge in [0.2, 0.25) is 5.78 Å². The van der Waals surface area contributed by atoms with E-state index in [0.29, 0.717) is 29.1 Å². The summed E-state index contributed by atoms with van der Waals surface area (Å²) in [7, 11) is 0. The van der Waals surface area contributed by atoms with Crippen LogP contribution in [-0.4, -0.2) is 47.6 Å². The predicted octanol–water partition coefficient (Wildman–Crippen LogP) is 4.50. The van der Waals surface area contributed by atoms with Gasteiger partial charge in [0.25, 0.3) is 5.91 Å². The van der Waals surface area contributed by atoms with Crippen molar-refractivity contribution < 1.29 is 35.9 Å². The van der Waals surface area contributed by atoms with E-state index in [9.17, 15) is 31.1 Å². The number of nitrogens with zero attached hydrogens (tertiary/aromatic N) is 6. The monoisotopic (exact) mass is 553 g/mol. The molecule has 15 heteroatoms. The number of hydrogen-bond donors (Lipinski definition) is 1. The fraction of sp³-hybridized carbons (Fsp3) is 0.375. The molecule has 0 bridgehead atoms. The fourth-order valence-electron chi connectivity index (χ4n) is 4.38. The Morgan fingerprint density at radius 3 is 2.54 bits per heavy atom. The Labute approximate surface area is 216 Å². The van der Waals surface area contributed by atoms with E-state index in [-0.39, 0.29) is 43.2 Å². The molecular formula is C24H21F6N7O2. The molecule has 0 aliphatic carbocycles. The lowest BCUT2D eigenvalue weighted by atomic mass is 9.98. The van der Waals surface area contributed by atoms with Crippen LogP contribution in [0, 0.1) is 5.92 Å². The van der Waals surface area contributed by atoms with Crippen molar-refractivity contribution in [2.75, 3.05) is 0 Å². The van der Waals surface area contributed by atoms with Gasteiger partial charge in [-0.05, 0) is 18.4 Å². The van der Waals surface area contributed by atoms with Gasteiger partial charge in [-0.1, -0.05) is 31.2 Å². The Kier molecular flexibility index (Phi) is 6.68. The summed E-state index contributed by atoms with van der Waals surface area (Å²) in [4.78, 5) is 25.4. The Morgan fingerprint density at radius 1 is 1.13 bits per heavy atom. The van der Waals surface area contributed by atoms with E-state index in [2.05, 4.69) is 30.1 Å². The molecule has 1 N–H and O–H groups in total. The SMILES string of the molecule is CCc1nc2ncc(OC(F)(F)F)cn2c1C(=O)NCc1ccc(-c2nc3n(n2)CC[C@H](C(F)(F)F)C3)cc1. The van der Waals surface area contributed by atoms with Gasteiger partial charge < -0.3 is 10.1 Å². The molecule has 0 radical (unpaired) electrons. The third-order valence-electron chi connectivity index (χ3n) is 6.31. The number of amides is 1. The second-order valence-corrected chi connectivity index (χ2v) is 8.95. The van der Waals surface area contributed by atoms with Crippen molar-refractivity contribution in [1.29, 1.82) is 0 Å². The predicted molar refractivity (Wildman–Crippen MR) is 124 cm³/mol. The largest absolute Gasteiger partial charge is 0.573 e. The minimum Gasteiger partial charge on any atom is -0.403 e. The third kappa shape index (κ3) is 5.66. The van der Waals surface area contributed by atoms with Crippen molar-refractivity contribution in [3.05, 3.63) is 59.4 Å². The van der Waals surface area contributed by atoms with Crippen LogP contribution in [0.25, 0.3) is 17.2 Å². The molecular weight excluding hydrogens is 532 g/mol. The average Bonchev–Trinajstić information content (AvgIpc) is 3.46. The van der Waals surface area contributed by atoms with Gasteiger partial charge in [0.15, 0.2) is 11.6 Å². The molecule has 1 aromatic carbocycles. The van der Waals surface area contributed by atoms with Gasteiger partial charge >= 0.3 is 12.5 Å². The van der Waals surface area contributed by atoms with Crippen LogP contribution >= 0.6 is 0 Å². The van der Waals surface area contributed by atoms with Crippen LogP contribution in [0.15, 0.2) is 36.7 Å². The summed E-state index contributed by atoms with van der Waals surface area (Å²) in [5, 5.41) is 7.05. The van der Waals surface area contributed by atoms with Crippen molar-refractivity contribution in [2.24, 2.45) is 5.92 Å². The quantitative estimate of drug-likeness (QED) is 0.353. The normalized spacial score (nSPS) is 15.8. The summed E-state index contributed by atoms with van der Waals surface area (Å²) in [5.41, 5.74) is 1.68. The van der Waals surface area contributed by atoms with E-state index in [1.165, 1.54) is 4.68 Å². The summed E-state index contributed by atoms with van der Waals surface area (Å²) in [6.07, 6.45) is -7.25. The Morgan fingerprint density at radius 2 is 1.87 bits per heavy atom. The number of aromatic nitrogens is 6. The molecule has 0 saturated heterocycles. The number of alkyl halides is 6. The Hall–Kier alpha value is -4.17. The molecule has 1 aliphatic rings. The number of imidazole rings is 1. The zero-order valence-corrected chi connectivity index (χ0v) is 20.3. The van der Waals surface area contributed by atoms with Gasteiger partial charge in [-0.15, -0.1) is 13.2 Å². The van der Waals surface area contributed by atoms with E-state index in [0.717, 1.165) is 16.8 Å². The first-order valence-corrected chi connectivity index (χ1v) is 11.9. The van der Waals surface area contributed by atoms with Crippen molar-refractivity contribution in [1.82, 2.24) is 34.4 Å². The number of rotatable bonds is 6. The second-order valence-electron chi connectivity index (χ2n) is 8.95. The van der Waals surface area contributed by atoms with Gasteiger partial charge in [0.05, 0.1) is 24.0 Å². The molecule has 4 aromatic rings. The van der Waals surface area contributed by atoms with Gasteiger partial charge in [0, 0.05) is 25.1 Å². The smallest absolute Gasteiger partial charge is 0.403 e. The lowest BCUT2D eigenvalue weighted by Crippen LogP contribution is -2.31. The van der Waals surface area contributed by atoms with E-state index in [1.807, 2.05) is 0 Å². The third-order valence-corrected chi connectivity index (χ3v) is 6.31. The molecule has 4 heterocycles. The van der Waals surface area contributed by atoms with E-state index in [1.54, 1.807) is 31.2 Å². The van der Waals surface area contributed by atoms with Crippen molar-refractivity contribution in [3.63, 3.8) is 0 Å². The van der Waals surface area contributed by atoms with Crippen molar-refractivity contribution in [2.45, 2.75) is 51.8 Å². The minimum absolute atomic E-state index is 0.0363. The van der Waals surface area contributed by atoms with Gasteiger partial charge in [-0.25, -0.2) is 19.6 Å². The van der Waals surface area contributed by atoms with Crippen LogP contribution < -0.4 is 10.1 Å². The number of fused-ring (bicyclic) bond motifs is 2. The highest BCUT2D eigenvalue weighted by Crippen LogP contribution is 2.35. The first-order valence-electron chi connectivity index (χ1n) is 11.9. The zero-order chi connectivity index (χ0) is 27.9. The number of nitrogens with one attached hydrogen (secondary N) is 1. The fourth-order valence-corrected chi connectivity index (χ4v) is 4.38. The van der Waals surface area contributed by atoms with Crippen LogP contribution in [0.2, 0.25) is 0 Å². The van der Waals surface area contributed by atoms with Crippen molar-refractivity contribution in [3.8, 4) is 17.1 Å². The highest BCUT2D eigenvalue weighted by molar-refractivity contribution is 5.94. The number of benzene rings is 1. The highest BCUT2D eigenvalue weighted by atomic mass is 19.4. The minimum atomic E-state index is -4.92. The average molecular weight is 553 g/mol. The number of ether oxygens (including phenoxy) is 1. The zero-order valence-electron chi connectivity index (χ0n) is 20.3. The first-order chi connectivity index (χ1) is 18.4. The number of carbonyl (C=O) groups is 1. The maximum atomic E-state index is 13.1. The van der Waals surface area contributed by atoms with E-state index >= 15 is 0 Å². The van der Waals surface area contributed by atoms with E-state index < -0.39 is 30.1 Å². The van der Waals surface area contributed by atoms with E-state index in [4.69, 9.17) is 0 Å². The summed E-state index contributed by atoms with van der Waals surface area (Å²) in [5.74, 6) is -1.96. The van der Waals surface area contributed by atoms with Crippen LogP contribution in [0.1, 0.15) is 40.9 Å². The maximum absolute atomic E-state index is 13.1. The lowest BCUT2D eigenvalue weighted by molar-refractivity contribution is -0.274. The summed E-state index contributed by atoms with van der Waals surface area (Å²) < 4.78 is 83.7. The Bertz CT molecular complexity index is 1510. The number of halogens is 6.